The lowest BCUT2D eigenvalue weighted by atomic mass is 9.93. The Morgan fingerprint density at radius 1 is 1.00 bits per heavy atom. The number of nitrogens with two attached hydrogens (primary N) is 1. The maximum atomic E-state index is 12.3. The molecule has 138 valence electrons. The van der Waals surface area contributed by atoms with Crippen LogP contribution in [0, 0.1) is 0 Å². The Balaban J connectivity index is 2.00. The molecule has 0 amide bonds. The van der Waals surface area contributed by atoms with Crippen molar-refractivity contribution in [1.29, 1.82) is 0 Å². The summed E-state index contributed by atoms with van der Waals surface area (Å²) in [6.07, 6.45) is 2.86. The van der Waals surface area contributed by atoms with E-state index in [-0.39, 0.29) is 5.56 Å². The highest BCUT2D eigenvalue weighted by Crippen LogP contribution is 2.35. The molecule has 5 heteroatoms. The number of benzene rings is 2. The van der Waals surface area contributed by atoms with Gasteiger partial charge in [-0.3, -0.25) is 4.90 Å². The second-order valence-corrected chi connectivity index (χ2v) is 6.98. The summed E-state index contributed by atoms with van der Waals surface area (Å²) < 4.78 is 0. The highest BCUT2D eigenvalue weighted by molar-refractivity contribution is 6.05. The van der Waals surface area contributed by atoms with Gasteiger partial charge in [0.15, 0.2) is 0 Å². The molecule has 27 heavy (non-hydrogen) atoms. The van der Waals surface area contributed by atoms with Gasteiger partial charge in [0.05, 0.1) is 22.9 Å². The number of piperidine rings is 1. The normalized spacial score (nSPS) is 16.3. The van der Waals surface area contributed by atoms with Gasteiger partial charge in [-0.1, -0.05) is 55.0 Å². The third kappa shape index (κ3) is 3.31. The molecule has 0 aliphatic carbocycles. The van der Waals surface area contributed by atoms with Crippen LogP contribution in [0.5, 0.6) is 0 Å². The minimum absolute atomic E-state index is 0.262. The molecular formula is C22H23N3O2. The molecule has 1 aliphatic heterocycles. The van der Waals surface area contributed by atoms with Gasteiger partial charge in [0.2, 0.25) is 0 Å². The van der Waals surface area contributed by atoms with Gasteiger partial charge in [-0.05, 0) is 32.0 Å². The zero-order valence-electron chi connectivity index (χ0n) is 15.1. The number of aromatic nitrogens is 1. The van der Waals surface area contributed by atoms with E-state index in [2.05, 4.69) is 4.90 Å². The van der Waals surface area contributed by atoms with E-state index in [1.807, 2.05) is 54.6 Å². The van der Waals surface area contributed by atoms with E-state index in [9.17, 15) is 9.90 Å². The van der Waals surface area contributed by atoms with E-state index in [4.69, 9.17) is 10.7 Å². The average Bonchev–Trinajstić information content (AvgIpc) is 2.73. The summed E-state index contributed by atoms with van der Waals surface area (Å²) in [6, 6.07) is 17.1. The van der Waals surface area contributed by atoms with Crippen LogP contribution in [0.15, 0.2) is 54.6 Å². The molecule has 5 nitrogen and oxygen atoms in total. The van der Waals surface area contributed by atoms with Gasteiger partial charge < -0.3 is 10.8 Å². The number of aromatic carboxylic acids is 1. The summed E-state index contributed by atoms with van der Waals surface area (Å²) in [5.74, 6) is -0.965. The lowest BCUT2D eigenvalue weighted by molar-refractivity contribution is 0.0693. The largest absolute Gasteiger partial charge is 0.478 e. The highest BCUT2D eigenvalue weighted by atomic mass is 16.4. The topological polar surface area (TPSA) is 79.4 Å². The maximum absolute atomic E-state index is 12.3. The first-order chi connectivity index (χ1) is 13.2. The quantitative estimate of drug-likeness (QED) is 0.733. The lowest BCUT2D eigenvalue weighted by Gasteiger charge is -2.34. The molecule has 2 aromatic carbocycles. The molecule has 1 aromatic heterocycles. The van der Waals surface area contributed by atoms with Gasteiger partial charge >= 0.3 is 5.97 Å². The standard InChI is InChI=1S/C22H23N3O2/c23-21(25-13-7-2-8-14-25)19-18(22(26)27)16-11-5-6-12-17(16)24-20(19)15-9-3-1-4-10-15/h1,3-6,9-12,21H,2,7-8,13-14,23H2,(H,26,27). The Morgan fingerprint density at radius 3 is 2.37 bits per heavy atom. The minimum atomic E-state index is -0.965. The Hall–Kier alpha value is -2.76. The summed E-state index contributed by atoms with van der Waals surface area (Å²) >= 11 is 0. The molecule has 0 spiro atoms. The van der Waals surface area contributed by atoms with Crippen LogP contribution in [0.2, 0.25) is 0 Å². The number of likely N-dealkylation sites (tertiary alicyclic amines) is 1. The second-order valence-electron chi connectivity index (χ2n) is 6.98. The first kappa shape index (κ1) is 17.6. The van der Waals surface area contributed by atoms with Gasteiger partial charge in [0.1, 0.15) is 0 Å². The van der Waals surface area contributed by atoms with Crippen LogP contribution in [0.1, 0.15) is 41.3 Å². The molecule has 1 fully saturated rings. The van der Waals surface area contributed by atoms with Crippen LogP contribution in [0.3, 0.4) is 0 Å². The Morgan fingerprint density at radius 2 is 1.67 bits per heavy atom. The molecule has 2 heterocycles. The molecule has 1 atom stereocenters. The highest BCUT2D eigenvalue weighted by Gasteiger charge is 2.29. The van der Waals surface area contributed by atoms with E-state index in [0.29, 0.717) is 22.2 Å². The number of nitrogens with zero attached hydrogens (tertiary/aromatic N) is 2. The van der Waals surface area contributed by atoms with Crippen LogP contribution in [0.4, 0.5) is 0 Å². The number of rotatable bonds is 4. The third-order valence-corrected chi connectivity index (χ3v) is 5.27. The molecule has 1 unspecified atom stereocenters. The SMILES string of the molecule is NC(c1c(-c2ccccc2)nc2ccccc2c1C(=O)O)N1CCCCC1. The van der Waals surface area contributed by atoms with E-state index >= 15 is 0 Å². The summed E-state index contributed by atoms with van der Waals surface area (Å²) in [7, 11) is 0. The number of hydrogen-bond acceptors (Lipinski definition) is 4. The van der Waals surface area contributed by atoms with Gasteiger partial charge in [-0.25, -0.2) is 9.78 Å². The molecule has 0 saturated carbocycles. The smallest absolute Gasteiger partial charge is 0.336 e. The fraction of sp³-hybridized carbons (Fsp3) is 0.273. The van der Waals surface area contributed by atoms with E-state index in [1.54, 1.807) is 0 Å². The van der Waals surface area contributed by atoms with Crippen molar-refractivity contribution >= 4 is 16.9 Å². The zero-order valence-corrected chi connectivity index (χ0v) is 15.1. The number of para-hydroxylation sites is 1. The first-order valence-corrected chi connectivity index (χ1v) is 9.38. The van der Waals surface area contributed by atoms with Gasteiger partial charge in [-0.15, -0.1) is 0 Å². The fourth-order valence-corrected chi connectivity index (χ4v) is 3.94. The summed E-state index contributed by atoms with van der Waals surface area (Å²) in [4.78, 5) is 19.3. The van der Waals surface area contributed by atoms with Crippen molar-refractivity contribution < 1.29 is 9.90 Å². The van der Waals surface area contributed by atoms with E-state index in [0.717, 1.165) is 31.5 Å². The van der Waals surface area contributed by atoms with Crippen molar-refractivity contribution in [2.75, 3.05) is 13.1 Å². The summed E-state index contributed by atoms with van der Waals surface area (Å²) in [5, 5.41) is 10.7. The third-order valence-electron chi connectivity index (χ3n) is 5.27. The van der Waals surface area contributed by atoms with Crippen molar-refractivity contribution in [2.24, 2.45) is 5.73 Å². The Labute approximate surface area is 158 Å². The Bertz CT molecular complexity index is 966. The van der Waals surface area contributed by atoms with Crippen LogP contribution in [-0.4, -0.2) is 34.0 Å². The minimum Gasteiger partial charge on any atom is -0.478 e. The monoisotopic (exact) mass is 361 g/mol. The van der Waals surface area contributed by atoms with E-state index < -0.39 is 12.1 Å². The Kier molecular flexibility index (Phi) is 4.88. The average molecular weight is 361 g/mol. The number of fused-ring (bicyclic) bond motifs is 1. The molecule has 0 bridgehead atoms. The van der Waals surface area contributed by atoms with Crippen molar-refractivity contribution in [3.05, 3.63) is 65.7 Å². The van der Waals surface area contributed by atoms with E-state index in [1.165, 1.54) is 6.42 Å². The van der Waals surface area contributed by atoms with Crippen molar-refractivity contribution in [3.63, 3.8) is 0 Å². The van der Waals surface area contributed by atoms with Crippen molar-refractivity contribution in [1.82, 2.24) is 9.88 Å². The molecule has 4 rings (SSSR count). The number of hydrogen-bond donors (Lipinski definition) is 2. The summed E-state index contributed by atoms with van der Waals surface area (Å²) in [5.41, 5.74) is 9.74. The fourth-order valence-electron chi connectivity index (χ4n) is 3.94. The van der Waals surface area contributed by atoms with Crippen molar-refractivity contribution in [3.8, 4) is 11.3 Å². The molecule has 1 aliphatic rings. The van der Waals surface area contributed by atoms with Crippen molar-refractivity contribution in [2.45, 2.75) is 25.4 Å². The molecule has 0 radical (unpaired) electrons. The number of pyridine rings is 1. The summed E-state index contributed by atoms with van der Waals surface area (Å²) in [6.45, 7) is 1.75. The van der Waals surface area contributed by atoms with Crippen LogP contribution in [-0.2, 0) is 0 Å². The molecule has 3 aromatic rings. The number of carboxylic acids is 1. The molecular weight excluding hydrogens is 338 g/mol. The number of carbonyl (C=O) groups is 1. The lowest BCUT2D eigenvalue weighted by Crippen LogP contribution is -2.39. The number of carboxylic acid groups (broad SMARTS) is 1. The predicted molar refractivity (Wildman–Crippen MR) is 106 cm³/mol. The predicted octanol–water partition coefficient (Wildman–Crippen LogP) is 4.04. The van der Waals surface area contributed by atoms with Gasteiger partial charge in [0, 0.05) is 16.5 Å². The van der Waals surface area contributed by atoms with Gasteiger partial charge in [-0.2, -0.15) is 0 Å². The molecule has 1 saturated heterocycles. The van der Waals surface area contributed by atoms with Crippen LogP contribution < -0.4 is 5.73 Å². The zero-order chi connectivity index (χ0) is 18.8. The first-order valence-electron chi connectivity index (χ1n) is 9.38. The van der Waals surface area contributed by atoms with Crippen LogP contribution in [0.25, 0.3) is 22.2 Å². The van der Waals surface area contributed by atoms with Crippen LogP contribution >= 0.6 is 0 Å². The maximum Gasteiger partial charge on any atom is 0.336 e. The van der Waals surface area contributed by atoms with Gasteiger partial charge in [0.25, 0.3) is 0 Å². The second kappa shape index (κ2) is 7.47. The molecule has 3 N–H and O–H groups in total.